The molecule has 0 bridgehead atoms. The zero-order valence-electron chi connectivity index (χ0n) is 8.24. The Bertz CT molecular complexity index is 385. The number of carboxylic acid groups (broad SMARTS) is 1. The van der Waals surface area contributed by atoms with Crippen LogP contribution in [0.25, 0.3) is 0 Å². The van der Waals surface area contributed by atoms with Gasteiger partial charge in [-0.25, -0.2) is 4.79 Å². The molecule has 0 heterocycles. The lowest BCUT2D eigenvalue weighted by Gasteiger charge is -2.07. The molecular formula is C11H11ClO3. The van der Waals surface area contributed by atoms with Gasteiger partial charge in [0.05, 0.1) is 0 Å². The molecule has 0 aliphatic rings. The molecule has 0 saturated carbocycles. The molecule has 1 aromatic rings. The molecule has 0 spiro atoms. The molecule has 0 atom stereocenters. The van der Waals surface area contributed by atoms with Gasteiger partial charge in [0.15, 0.2) is 0 Å². The highest BCUT2D eigenvalue weighted by Crippen LogP contribution is 2.23. The smallest absolute Gasteiger partial charge is 0.339 e. The maximum Gasteiger partial charge on any atom is 0.339 e. The van der Waals surface area contributed by atoms with Gasteiger partial charge in [0.25, 0.3) is 0 Å². The molecule has 1 N–H and O–H groups in total. The van der Waals surface area contributed by atoms with Gasteiger partial charge >= 0.3 is 5.97 Å². The minimum absolute atomic E-state index is 0.115. The second-order valence-electron chi connectivity index (χ2n) is 2.83. The molecular weight excluding hydrogens is 216 g/mol. The van der Waals surface area contributed by atoms with Gasteiger partial charge in [0.2, 0.25) is 0 Å². The maximum absolute atomic E-state index is 10.8. The summed E-state index contributed by atoms with van der Waals surface area (Å²) in [4.78, 5) is 10.8. The van der Waals surface area contributed by atoms with E-state index in [2.05, 4.69) is 0 Å². The molecule has 0 unspecified atom stereocenters. The molecule has 0 aromatic heterocycles. The van der Waals surface area contributed by atoms with Crippen molar-refractivity contribution in [2.45, 2.75) is 6.92 Å². The van der Waals surface area contributed by atoms with Crippen LogP contribution in [0.15, 0.2) is 30.4 Å². The summed E-state index contributed by atoms with van der Waals surface area (Å²) >= 11 is 5.74. The number of benzene rings is 1. The molecule has 3 nitrogen and oxygen atoms in total. The van der Waals surface area contributed by atoms with Gasteiger partial charge in [-0.15, -0.1) is 0 Å². The van der Waals surface area contributed by atoms with Gasteiger partial charge in [0, 0.05) is 5.02 Å². The van der Waals surface area contributed by atoms with Crippen LogP contribution in [-0.2, 0) is 0 Å². The highest BCUT2D eigenvalue weighted by atomic mass is 35.5. The molecule has 4 heteroatoms. The van der Waals surface area contributed by atoms with Crippen LogP contribution in [0.4, 0.5) is 0 Å². The number of aromatic carboxylic acids is 1. The van der Waals surface area contributed by atoms with E-state index in [1.54, 1.807) is 6.08 Å². The summed E-state index contributed by atoms with van der Waals surface area (Å²) in [5, 5.41) is 9.33. The first-order valence-electron chi connectivity index (χ1n) is 4.42. The number of hydrogen-bond acceptors (Lipinski definition) is 2. The van der Waals surface area contributed by atoms with Crippen LogP contribution >= 0.6 is 11.6 Å². The Morgan fingerprint density at radius 3 is 2.93 bits per heavy atom. The van der Waals surface area contributed by atoms with Crippen LogP contribution in [0.5, 0.6) is 5.75 Å². The summed E-state index contributed by atoms with van der Waals surface area (Å²) in [7, 11) is 0. The Morgan fingerprint density at radius 2 is 2.33 bits per heavy atom. The van der Waals surface area contributed by atoms with E-state index in [9.17, 15) is 4.79 Å². The van der Waals surface area contributed by atoms with Crippen molar-refractivity contribution in [3.63, 3.8) is 0 Å². The topological polar surface area (TPSA) is 46.5 Å². The molecule has 0 amide bonds. The third-order valence-electron chi connectivity index (χ3n) is 1.74. The normalized spacial score (nSPS) is 10.5. The summed E-state index contributed by atoms with van der Waals surface area (Å²) in [6, 6.07) is 4.44. The van der Waals surface area contributed by atoms with Crippen LogP contribution in [0.1, 0.15) is 17.3 Å². The summed E-state index contributed by atoms with van der Waals surface area (Å²) in [6.45, 7) is 2.19. The molecule has 0 saturated heterocycles. The zero-order valence-corrected chi connectivity index (χ0v) is 8.99. The number of hydrogen-bond donors (Lipinski definition) is 1. The van der Waals surface area contributed by atoms with Gasteiger partial charge in [-0.3, -0.25) is 0 Å². The van der Waals surface area contributed by atoms with Crippen molar-refractivity contribution >= 4 is 17.6 Å². The Kier molecular flexibility index (Phi) is 4.18. The van der Waals surface area contributed by atoms with E-state index in [4.69, 9.17) is 21.4 Å². The van der Waals surface area contributed by atoms with Crippen LogP contribution in [0.3, 0.4) is 0 Å². The van der Waals surface area contributed by atoms with E-state index in [0.29, 0.717) is 11.6 Å². The third-order valence-corrected chi connectivity index (χ3v) is 1.98. The standard InChI is InChI=1S/C11H11ClO3/c1-2-3-6-15-10-7-8(12)4-5-9(10)11(13)14/h2-5,7H,6H2,1H3,(H,13,14)/b3-2+. The fourth-order valence-electron chi connectivity index (χ4n) is 1.03. The Morgan fingerprint density at radius 1 is 1.60 bits per heavy atom. The largest absolute Gasteiger partial charge is 0.489 e. The predicted octanol–water partition coefficient (Wildman–Crippen LogP) is 2.99. The first kappa shape index (κ1) is 11.6. The zero-order chi connectivity index (χ0) is 11.3. The lowest BCUT2D eigenvalue weighted by molar-refractivity contribution is 0.0693. The second kappa shape index (κ2) is 5.41. The Hall–Kier alpha value is -1.48. The molecule has 15 heavy (non-hydrogen) atoms. The highest BCUT2D eigenvalue weighted by molar-refractivity contribution is 6.30. The number of rotatable bonds is 4. The van der Waals surface area contributed by atoms with Crippen molar-refractivity contribution in [3.8, 4) is 5.75 Å². The van der Waals surface area contributed by atoms with Crippen molar-refractivity contribution in [1.29, 1.82) is 0 Å². The molecule has 0 aliphatic carbocycles. The Balaban J connectivity index is 2.91. The van der Waals surface area contributed by atoms with Crippen LogP contribution in [0, 0.1) is 0 Å². The fraction of sp³-hybridized carbons (Fsp3) is 0.182. The fourth-order valence-corrected chi connectivity index (χ4v) is 1.19. The van der Waals surface area contributed by atoms with Gasteiger partial charge in [-0.2, -0.15) is 0 Å². The average Bonchev–Trinajstić information content (AvgIpc) is 2.18. The average molecular weight is 227 g/mol. The van der Waals surface area contributed by atoms with E-state index in [-0.39, 0.29) is 11.3 Å². The van der Waals surface area contributed by atoms with E-state index in [1.165, 1.54) is 18.2 Å². The summed E-state index contributed by atoms with van der Waals surface area (Å²) in [5.41, 5.74) is 0.115. The summed E-state index contributed by atoms with van der Waals surface area (Å²) in [6.07, 6.45) is 3.61. The SMILES string of the molecule is C/C=C/COc1cc(Cl)ccc1C(=O)O. The summed E-state index contributed by atoms with van der Waals surface area (Å²) in [5.74, 6) is -0.741. The van der Waals surface area contributed by atoms with E-state index in [0.717, 1.165) is 0 Å². The first-order chi connectivity index (χ1) is 7.15. The predicted molar refractivity (Wildman–Crippen MR) is 58.7 cm³/mol. The highest BCUT2D eigenvalue weighted by Gasteiger charge is 2.10. The number of carbonyl (C=O) groups is 1. The molecule has 0 aliphatic heterocycles. The summed E-state index contributed by atoms with van der Waals surface area (Å²) < 4.78 is 5.27. The van der Waals surface area contributed by atoms with Crippen molar-refractivity contribution in [3.05, 3.63) is 40.9 Å². The number of ether oxygens (including phenoxy) is 1. The van der Waals surface area contributed by atoms with Crippen molar-refractivity contribution < 1.29 is 14.6 Å². The molecule has 80 valence electrons. The minimum atomic E-state index is -1.03. The molecule has 1 aromatic carbocycles. The lowest BCUT2D eigenvalue weighted by atomic mass is 10.2. The van der Waals surface area contributed by atoms with Crippen LogP contribution in [0.2, 0.25) is 5.02 Å². The van der Waals surface area contributed by atoms with Crippen molar-refractivity contribution in [1.82, 2.24) is 0 Å². The quantitative estimate of drug-likeness (QED) is 0.803. The van der Waals surface area contributed by atoms with Gasteiger partial charge in [0.1, 0.15) is 17.9 Å². The maximum atomic E-state index is 10.8. The molecule has 1 rings (SSSR count). The lowest BCUT2D eigenvalue weighted by Crippen LogP contribution is -2.03. The number of halogens is 1. The molecule has 0 radical (unpaired) electrons. The van der Waals surface area contributed by atoms with Crippen molar-refractivity contribution in [2.24, 2.45) is 0 Å². The van der Waals surface area contributed by atoms with Crippen LogP contribution in [-0.4, -0.2) is 17.7 Å². The minimum Gasteiger partial charge on any atom is -0.489 e. The number of carboxylic acids is 1. The van der Waals surface area contributed by atoms with E-state index < -0.39 is 5.97 Å². The first-order valence-corrected chi connectivity index (χ1v) is 4.79. The van der Waals surface area contributed by atoms with E-state index in [1.807, 2.05) is 13.0 Å². The van der Waals surface area contributed by atoms with Gasteiger partial charge < -0.3 is 9.84 Å². The third kappa shape index (κ3) is 3.29. The number of allylic oxidation sites excluding steroid dienone is 1. The van der Waals surface area contributed by atoms with Crippen molar-refractivity contribution in [2.75, 3.05) is 6.61 Å². The monoisotopic (exact) mass is 226 g/mol. The Labute approximate surface area is 92.9 Å². The molecule has 0 fully saturated rings. The van der Waals surface area contributed by atoms with Gasteiger partial charge in [-0.05, 0) is 25.1 Å². The van der Waals surface area contributed by atoms with Gasteiger partial charge in [-0.1, -0.05) is 23.8 Å². The van der Waals surface area contributed by atoms with Crippen LogP contribution < -0.4 is 4.74 Å². The van der Waals surface area contributed by atoms with E-state index >= 15 is 0 Å². The second-order valence-corrected chi connectivity index (χ2v) is 3.26.